The maximum absolute atomic E-state index is 11.2. The van der Waals surface area contributed by atoms with Crippen LogP contribution < -0.4 is 10.1 Å². The van der Waals surface area contributed by atoms with Crippen LogP contribution in [-0.4, -0.2) is 19.1 Å². The van der Waals surface area contributed by atoms with Gasteiger partial charge in [-0.25, -0.2) is 0 Å². The van der Waals surface area contributed by atoms with Crippen molar-refractivity contribution >= 4 is 5.91 Å². The summed E-state index contributed by atoms with van der Waals surface area (Å²) in [7, 11) is 1.64. The lowest BCUT2D eigenvalue weighted by Crippen LogP contribution is -2.63. The number of rotatable bonds is 4. The zero-order chi connectivity index (χ0) is 11.8. The SMILES string of the molecule is COc1cccc(COC2=C[C@@H]3NC(=O)[C@H]23)c1. The molecule has 2 atom stereocenters. The van der Waals surface area contributed by atoms with Gasteiger partial charge in [-0.15, -0.1) is 0 Å². The molecule has 1 aliphatic heterocycles. The van der Waals surface area contributed by atoms with Crippen LogP contribution in [0.3, 0.4) is 0 Å². The van der Waals surface area contributed by atoms with Crippen molar-refractivity contribution in [2.75, 3.05) is 7.11 Å². The molecule has 0 spiro atoms. The third kappa shape index (κ3) is 1.65. The minimum Gasteiger partial charge on any atom is -0.497 e. The lowest BCUT2D eigenvalue weighted by atomic mass is 9.78. The zero-order valence-corrected chi connectivity index (χ0v) is 9.47. The average Bonchev–Trinajstić information content (AvgIpc) is 2.33. The van der Waals surface area contributed by atoms with Crippen molar-refractivity contribution in [3.05, 3.63) is 41.7 Å². The molecular formula is C13H13NO3. The van der Waals surface area contributed by atoms with E-state index in [2.05, 4.69) is 5.32 Å². The molecule has 88 valence electrons. The second-order valence-corrected chi connectivity index (χ2v) is 4.22. The topological polar surface area (TPSA) is 47.6 Å². The molecule has 1 amide bonds. The first-order valence-electron chi connectivity index (χ1n) is 5.56. The van der Waals surface area contributed by atoms with Crippen LogP contribution in [0.25, 0.3) is 0 Å². The van der Waals surface area contributed by atoms with Gasteiger partial charge in [-0.05, 0) is 23.8 Å². The summed E-state index contributed by atoms with van der Waals surface area (Å²) in [6.07, 6.45) is 1.95. The summed E-state index contributed by atoms with van der Waals surface area (Å²) in [6, 6.07) is 7.92. The van der Waals surface area contributed by atoms with Gasteiger partial charge in [-0.1, -0.05) is 12.1 Å². The summed E-state index contributed by atoms with van der Waals surface area (Å²) in [5.41, 5.74) is 1.04. The molecule has 1 aliphatic carbocycles. The highest BCUT2D eigenvalue weighted by molar-refractivity contribution is 5.91. The van der Waals surface area contributed by atoms with E-state index < -0.39 is 0 Å². The molecule has 1 aromatic carbocycles. The number of nitrogens with one attached hydrogen (secondary N) is 1. The fourth-order valence-electron chi connectivity index (χ4n) is 2.08. The minimum atomic E-state index is -0.0411. The van der Waals surface area contributed by atoms with E-state index in [1.54, 1.807) is 7.11 Å². The number of fused-ring (bicyclic) bond motifs is 1. The van der Waals surface area contributed by atoms with Gasteiger partial charge in [0.05, 0.1) is 13.2 Å². The summed E-state index contributed by atoms with van der Waals surface area (Å²) < 4.78 is 10.7. The van der Waals surface area contributed by atoms with Gasteiger partial charge in [0.2, 0.25) is 5.91 Å². The summed E-state index contributed by atoms with van der Waals surface area (Å²) in [5, 5.41) is 2.77. The number of hydrogen-bond donors (Lipinski definition) is 1. The first kappa shape index (κ1) is 10.2. The van der Waals surface area contributed by atoms with Crippen LogP contribution in [0.2, 0.25) is 0 Å². The number of methoxy groups -OCH3 is 1. The quantitative estimate of drug-likeness (QED) is 0.793. The monoisotopic (exact) mass is 231 g/mol. The number of carbonyl (C=O) groups is 1. The molecule has 2 aliphatic rings. The fourth-order valence-corrected chi connectivity index (χ4v) is 2.08. The maximum Gasteiger partial charge on any atom is 0.233 e. The van der Waals surface area contributed by atoms with Crippen LogP contribution in [0, 0.1) is 5.92 Å². The van der Waals surface area contributed by atoms with E-state index in [4.69, 9.17) is 9.47 Å². The van der Waals surface area contributed by atoms with Crippen LogP contribution in [0.15, 0.2) is 36.1 Å². The molecule has 1 aromatic rings. The molecule has 0 bridgehead atoms. The van der Waals surface area contributed by atoms with E-state index in [0.29, 0.717) is 6.61 Å². The Labute approximate surface area is 99.2 Å². The van der Waals surface area contributed by atoms with Gasteiger partial charge in [0, 0.05) is 0 Å². The van der Waals surface area contributed by atoms with Crippen LogP contribution in [0.1, 0.15) is 5.56 Å². The van der Waals surface area contributed by atoms with Crippen LogP contribution in [0.5, 0.6) is 5.75 Å². The van der Waals surface area contributed by atoms with Gasteiger partial charge in [0.25, 0.3) is 0 Å². The molecule has 4 heteroatoms. The number of hydrogen-bond acceptors (Lipinski definition) is 3. The van der Waals surface area contributed by atoms with E-state index in [1.807, 2.05) is 30.3 Å². The molecule has 3 rings (SSSR count). The van der Waals surface area contributed by atoms with E-state index in [9.17, 15) is 4.79 Å². The Kier molecular flexibility index (Phi) is 2.28. The second-order valence-electron chi connectivity index (χ2n) is 4.22. The average molecular weight is 231 g/mol. The largest absolute Gasteiger partial charge is 0.497 e. The second kappa shape index (κ2) is 3.80. The van der Waals surface area contributed by atoms with Crippen molar-refractivity contribution in [1.29, 1.82) is 0 Å². The van der Waals surface area contributed by atoms with Crippen molar-refractivity contribution in [3.63, 3.8) is 0 Å². The third-order valence-electron chi connectivity index (χ3n) is 3.14. The highest BCUT2D eigenvalue weighted by Crippen LogP contribution is 2.35. The summed E-state index contributed by atoms with van der Waals surface area (Å²) in [4.78, 5) is 11.2. The fraction of sp³-hybridized carbons (Fsp3) is 0.308. The smallest absolute Gasteiger partial charge is 0.233 e. The van der Waals surface area contributed by atoms with Crippen LogP contribution in [-0.2, 0) is 16.1 Å². The first-order valence-corrected chi connectivity index (χ1v) is 5.56. The van der Waals surface area contributed by atoms with Gasteiger partial charge < -0.3 is 14.8 Å². The Balaban J connectivity index is 1.61. The molecule has 0 radical (unpaired) electrons. The predicted molar refractivity (Wildman–Crippen MR) is 61.3 cm³/mol. The van der Waals surface area contributed by atoms with E-state index >= 15 is 0 Å². The Morgan fingerprint density at radius 2 is 2.29 bits per heavy atom. The molecule has 1 N–H and O–H groups in total. The Hall–Kier alpha value is -1.97. The van der Waals surface area contributed by atoms with Gasteiger partial charge in [0.1, 0.15) is 24.0 Å². The third-order valence-corrected chi connectivity index (χ3v) is 3.14. The molecule has 4 nitrogen and oxygen atoms in total. The molecule has 1 fully saturated rings. The first-order chi connectivity index (χ1) is 8.28. The molecule has 17 heavy (non-hydrogen) atoms. The maximum atomic E-state index is 11.2. The van der Waals surface area contributed by atoms with Crippen molar-refractivity contribution in [1.82, 2.24) is 5.32 Å². The Bertz CT molecular complexity index is 495. The van der Waals surface area contributed by atoms with E-state index in [-0.39, 0.29) is 17.9 Å². The standard InChI is InChI=1S/C13H13NO3/c1-16-9-4-2-3-8(5-9)7-17-11-6-10-12(11)13(15)14-10/h2-6,10,12H,7H2,1H3,(H,14,15)/t10-,12-/m0/s1. The van der Waals surface area contributed by atoms with Crippen LogP contribution >= 0.6 is 0 Å². The highest BCUT2D eigenvalue weighted by atomic mass is 16.5. The number of benzene rings is 1. The molecular weight excluding hydrogens is 218 g/mol. The Morgan fingerprint density at radius 3 is 3.00 bits per heavy atom. The van der Waals surface area contributed by atoms with Crippen molar-refractivity contribution < 1.29 is 14.3 Å². The number of amides is 1. The number of β-lactam (4-membered cyclic amide) rings is 1. The lowest BCUT2D eigenvalue weighted by molar-refractivity contribution is -0.136. The molecule has 0 saturated carbocycles. The summed E-state index contributed by atoms with van der Waals surface area (Å²) >= 11 is 0. The van der Waals surface area contributed by atoms with Crippen molar-refractivity contribution in [2.45, 2.75) is 12.6 Å². The molecule has 1 saturated heterocycles. The van der Waals surface area contributed by atoms with Crippen LogP contribution in [0.4, 0.5) is 0 Å². The van der Waals surface area contributed by atoms with Crippen molar-refractivity contribution in [3.8, 4) is 5.75 Å². The minimum absolute atomic E-state index is 0.0411. The molecule has 0 aromatic heterocycles. The zero-order valence-electron chi connectivity index (χ0n) is 9.47. The number of carbonyl (C=O) groups excluding carboxylic acids is 1. The normalized spacial score (nSPS) is 24.8. The van der Waals surface area contributed by atoms with Gasteiger partial charge in [-0.3, -0.25) is 4.79 Å². The molecule has 1 heterocycles. The number of ether oxygens (including phenoxy) is 2. The van der Waals surface area contributed by atoms with E-state index in [1.165, 1.54) is 0 Å². The van der Waals surface area contributed by atoms with E-state index in [0.717, 1.165) is 17.1 Å². The van der Waals surface area contributed by atoms with Crippen molar-refractivity contribution in [2.24, 2.45) is 5.92 Å². The summed E-state index contributed by atoms with van der Waals surface area (Å²) in [5.74, 6) is 1.63. The predicted octanol–water partition coefficient (Wildman–Crippen LogP) is 1.22. The summed E-state index contributed by atoms with van der Waals surface area (Å²) in [6.45, 7) is 0.472. The Morgan fingerprint density at radius 1 is 1.41 bits per heavy atom. The van der Waals surface area contributed by atoms with Gasteiger partial charge in [0.15, 0.2) is 0 Å². The lowest BCUT2D eigenvalue weighted by Gasteiger charge is -2.43. The highest BCUT2D eigenvalue weighted by Gasteiger charge is 2.49. The van der Waals surface area contributed by atoms with Gasteiger partial charge in [-0.2, -0.15) is 0 Å². The molecule has 0 unspecified atom stereocenters. The van der Waals surface area contributed by atoms with Gasteiger partial charge >= 0.3 is 0 Å².